The summed E-state index contributed by atoms with van der Waals surface area (Å²) in [6.45, 7) is 6.22. The van der Waals surface area contributed by atoms with Gasteiger partial charge < -0.3 is 20.5 Å². The number of benzene rings is 1. The van der Waals surface area contributed by atoms with Crippen LogP contribution in [0.15, 0.2) is 18.2 Å². The average molecular weight is 280 g/mol. The Labute approximate surface area is 120 Å². The van der Waals surface area contributed by atoms with E-state index in [2.05, 4.69) is 10.6 Å². The Bertz CT molecular complexity index is 447. The van der Waals surface area contributed by atoms with Gasteiger partial charge in [-0.2, -0.15) is 0 Å². The molecule has 0 fully saturated rings. The zero-order valence-corrected chi connectivity index (χ0v) is 12.6. The Balaban J connectivity index is 2.52. The van der Waals surface area contributed by atoms with Crippen LogP contribution >= 0.6 is 0 Å². The van der Waals surface area contributed by atoms with E-state index in [9.17, 15) is 9.90 Å². The standard InChI is InChI=1S/C15H24N2O3/c1-10(2)13(9-18)17-15(19)16-8-12-6-5-11(3)14(7-12)20-4/h5-7,10,13,18H,8-9H2,1-4H3,(H2,16,17,19)/t13-/m1/s1. The predicted octanol–water partition coefficient (Wildman–Crippen LogP) is 1.82. The summed E-state index contributed by atoms with van der Waals surface area (Å²) in [5.41, 5.74) is 2.02. The molecule has 1 aromatic carbocycles. The predicted molar refractivity (Wildman–Crippen MR) is 78.8 cm³/mol. The molecule has 0 unspecified atom stereocenters. The number of nitrogens with one attached hydrogen (secondary N) is 2. The number of aliphatic hydroxyl groups excluding tert-OH is 1. The van der Waals surface area contributed by atoms with Crippen molar-refractivity contribution in [3.63, 3.8) is 0 Å². The third kappa shape index (κ3) is 4.74. The molecule has 0 aliphatic heterocycles. The molecule has 0 aliphatic rings. The number of aliphatic hydroxyl groups is 1. The van der Waals surface area contributed by atoms with E-state index in [1.54, 1.807) is 7.11 Å². The van der Waals surface area contributed by atoms with Gasteiger partial charge in [0.05, 0.1) is 19.8 Å². The molecule has 1 aromatic rings. The molecule has 20 heavy (non-hydrogen) atoms. The first-order valence-corrected chi connectivity index (χ1v) is 6.76. The monoisotopic (exact) mass is 280 g/mol. The summed E-state index contributed by atoms with van der Waals surface area (Å²) in [4.78, 5) is 11.7. The topological polar surface area (TPSA) is 70.6 Å². The first-order chi connectivity index (χ1) is 9.47. The second-order valence-corrected chi connectivity index (χ2v) is 5.16. The van der Waals surface area contributed by atoms with Gasteiger partial charge in [-0.1, -0.05) is 26.0 Å². The lowest BCUT2D eigenvalue weighted by molar-refractivity contribution is 0.198. The minimum Gasteiger partial charge on any atom is -0.496 e. The highest BCUT2D eigenvalue weighted by molar-refractivity contribution is 5.74. The first kappa shape index (κ1) is 16.3. The van der Waals surface area contributed by atoms with Crippen molar-refractivity contribution in [3.8, 4) is 5.75 Å². The zero-order chi connectivity index (χ0) is 15.1. The number of aryl methyl sites for hydroxylation is 1. The number of carbonyl (C=O) groups excluding carboxylic acids is 1. The lowest BCUT2D eigenvalue weighted by atomic mass is 10.1. The average Bonchev–Trinajstić information content (AvgIpc) is 2.43. The second kappa shape index (κ2) is 7.75. The summed E-state index contributed by atoms with van der Waals surface area (Å²) < 4.78 is 5.24. The van der Waals surface area contributed by atoms with Gasteiger partial charge in [0.15, 0.2) is 0 Å². The SMILES string of the molecule is COc1cc(CNC(=O)N[C@H](CO)C(C)C)ccc1C. The Morgan fingerprint density at radius 1 is 1.40 bits per heavy atom. The summed E-state index contributed by atoms with van der Waals surface area (Å²) in [5, 5.41) is 14.7. The molecule has 1 atom stereocenters. The van der Waals surface area contributed by atoms with Crippen LogP contribution in [0.2, 0.25) is 0 Å². The molecule has 112 valence electrons. The molecule has 0 aliphatic carbocycles. The summed E-state index contributed by atoms with van der Waals surface area (Å²) in [7, 11) is 1.63. The maximum atomic E-state index is 11.7. The molecule has 0 saturated heterocycles. The largest absolute Gasteiger partial charge is 0.496 e. The van der Waals surface area contributed by atoms with Crippen molar-refractivity contribution in [3.05, 3.63) is 29.3 Å². The van der Waals surface area contributed by atoms with Crippen molar-refractivity contribution < 1.29 is 14.6 Å². The molecule has 0 heterocycles. The molecule has 0 radical (unpaired) electrons. The Morgan fingerprint density at radius 2 is 2.10 bits per heavy atom. The van der Waals surface area contributed by atoms with E-state index in [1.807, 2.05) is 39.0 Å². The molecule has 1 rings (SSSR count). The van der Waals surface area contributed by atoms with Crippen LogP contribution in [0.25, 0.3) is 0 Å². The minimum absolute atomic E-state index is 0.0660. The van der Waals surface area contributed by atoms with Crippen molar-refractivity contribution in [1.82, 2.24) is 10.6 Å². The highest BCUT2D eigenvalue weighted by atomic mass is 16.5. The number of urea groups is 1. The Kier molecular flexibility index (Phi) is 6.31. The van der Waals surface area contributed by atoms with Crippen molar-refractivity contribution in [1.29, 1.82) is 0 Å². The quantitative estimate of drug-likeness (QED) is 0.744. The fourth-order valence-corrected chi connectivity index (χ4v) is 1.80. The van der Waals surface area contributed by atoms with Gasteiger partial charge in [0.1, 0.15) is 5.75 Å². The van der Waals surface area contributed by atoms with Crippen molar-refractivity contribution in [2.45, 2.75) is 33.4 Å². The van der Waals surface area contributed by atoms with Crippen LogP contribution in [-0.2, 0) is 6.54 Å². The molecule has 0 aromatic heterocycles. The zero-order valence-electron chi connectivity index (χ0n) is 12.6. The smallest absolute Gasteiger partial charge is 0.315 e. The van der Waals surface area contributed by atoms with Crippen molar-refractivity contribution in [2.24, 2.45) is 5.92 Å². The van der Waals surface area contributed by atoms with Crippen molar-refractivity contribution >= 4 is 6.03 Å². The Morgan fingerprint density at radius 3 is 2.65 bits per heavy atom. The van der Waals surface area contributed by atoms with E-state index in [0.717, 1.165) is 16.9 Å². The molecule has 5 heteroatoms. The maximum absolute atomic E-state index is 11.7. The summed E-state index contributed by atoms with van der Waals surface area (Å²) >= 11 is 0. The molecule has 2 amide bonds. The number of carbonyl (C=O) groups is 1. The van der Waals surface area contributed by atoms with E-state index in [4.69, 9.17) is 4.74 Å². The van der Waals surface area contributed by atoms with Crippen LogP contribution in [0.5, 0.6) is 5.75 Å². The van der Waals surface area contributed by atoms with Gasteiger partial charge in [0.25, 0.3) is 0 Å². The molecule has 3 N–H and O–H groups in total. The third-order valence-corrected chi connectivity index (χ3v) is 3.24. The van der Waals surface area contributed by atoms with Crippen LogP contribution < -0.4 is 15.4 Å². The fraction of sp³-hybridized carbons (Fsp3) is 0.533. The lowest BCUT2D eigenvalue weighted by Gasteiger charge is -2.20. The fourth-order valence-electron chi connectivity index (χ4n) is 1.80. The van der Waals surface area contributed by atoms with Gasteiger partial charge in [-0.25, -0.2) is 4.79 Å². The summed E-state index contributed by atoms with van der Waals surface area (Å²) in [5.74, 6) is 0.991. The van der Waals surface area contributed by atoms with E-state index in [0.29, 0.717) is 6.54 Å². The van der Waals surface area contributed by atoms with E-state index < -0.39 is 0 Å². The lowest BCUT2D eigenvalue weighted by Crippen LogP contribution is -2.46. The Hall–Kier alpha value is -1.75. The molecular formula is C15H24N2O3. The van der Waals surface area contributed by atoms with Crippen LogP contribution in [0, 0.1) is 12.8 Å². The summed E-state index contributed by atoms with van der Waals surface area (Å²) in [6.07, 6.45) is 0. The number of methoxy groups -OCH3 is 1. The number of hydrogen-bond acceptors (Lipinski definition) is 3. The van der Waals surface area contributed by atoms with E-state index in [1.165, 1.54) is 0 Å². The molecular weight excluding hydrogens is 256 g/mol. The molecule has 5 nitrogen and oxygen atoms in total. The van der Waals surface area contributed by atoms with Crippen LogP contribution in [0.3, 0.4) is 0 Å². The first-order valence-electron chi connectivity index (χ1n) is 6.76. The van der Waals surface area contributed by atoms with Crippen LogP contribution in [0.4, 0.5) is 4.79 Å². The van der Waals surface area contributed by atoms with Gasteiger partial charge in [0.2, 0.25) is 0 Å². The maximum Gasteiger partial charge on any atom is 0.315 e. The van der Waals surface area contributed by atoms with E-state index in [-0.39, 0.29) is 24.6 Å². The molecule has 0 saturated carbocycles. The van der Waals surface area contributed by atoms with Crippen LogP contribution in [-0.4, -0.2) is 30.9 Å². The number of rotatable bonds is 6. The number of amides is 2. The van der Waals surface area contributed by atoms with Gasteiger partial charge in [-0.15, -0.1) is 0 Å². The highest BCUT2D eigenvalue weighted by Gasteiger charge is 2.14. The van der Waals surface area contributed by atoms with Gasteiger partial charge in [-0.05, 0) is 30.0 Å². The summed E-state index contributed by atoms with van der Waals surface area (Å²) in [6, 6.07) is 5.30. The van der Waals surface area contributed by atoms with Gasteiger partial charge >= 0.3 is 6.03 Å². The molecule has 0 spiro atoms. The number of ether oxygens (including phenoxy) is 1. The van der Waals surface area contributed by atoms with Gasteiger partial charge in [0, 0.05) is 6.54 Å². The van der Waals surface area contributed by atoms with Crippen LogP contribution in [0.1, 0.15) is 25.0 Å². The number of hydrogen-bond donors (Lipinski definition) is 3. The normalized spacial score (nSPS) is 12.1. The highest BCUT2D eigenvalue weighted by Crippen LogP contribution is 2.18. The van der Waals surface area contributed by atoms with Crippen molar-refractivity contribution in [2.75, 3.05) is 13.7 Å². The second-order valence-electron chi connectivity index (χ2n) is 5.16. The molecule has 0 bridgehead atoms. The third-order valence-electron chi connectivity index (χ3n) is 3.24. The minimum atomic E-state index is -0.280. The van der Waals surface area contributed by atoms with E-state index >= 15 is 0 Å². The van der Waals surface area contributed by atoms with Gasteiger partial charge in [-0.3, -0.25) is 0 Å².